The minimum Gasteiger partial charge on any atom is -0.497 e. The van der Waals surface area contributed by atoms with E-state index >= 15 is 0 Å². The summed E-state index contributed by atoms with van der Waals surface area (Å²) in [5, 5.41) is 2.92. The van der Waals surface area contributed by atoms with E-state index in [0.29, 0.717) is 6.42 Å². The molecule has 0 aliphatic heterocycles. The van der Waals surface area contributed by atoms with Gasteiger partial charge in [-0.25, -0.2) is 0 Å². The monoisotopic (exact) mass is 333 g/mol. The standard InChI is InChI=1S/C16H16BrNO2/c1-11-8-13(17)6-7-15(11)18-16(19)10-12-4-3-5-14(9-12)20-2/h3-9H,10H2,1-2H3,(H,18,19). The molecule has 2 aromatic carbocycles. The van der Waals surface area contributed by atoms with Gasteiger partial charge in [-0.15, -0.1) is 0 Å². The summed E-state index contributed by atoms with van der Waals surface area (Å²) in [7, 11) is 1.62. The van der Waals surface area contributed by atoms with Gasteiger partial charge in [0.1, 0.15) is 5.75 Å². The van der Waals surface area contributed by atoms with Crippen LogP contribution in [0, 0.1) is 6.92 Å². The smallest absolute Gasteiger partial charge is 0.228 e. The molecule has 0 heterocycles. The van der Waals surface area contributed by atoms with Crippen molar-refractivity contribution in [1.82, 2.24) is 0 Å². The molecule has 2 aromatic rings. The van der Waals surface area contributed by atoms with Crippen molar-refractivity contribution in [2.45, 2.75) is 13.3 Å². The van der Waals surface area contributed by atoms with Crippen LogP contribution in [0.1, 0.15) is 11.1 Å². The van der Waals surface area contributed by atoms with Gasteiger partial charge in [-0.05, 0) is 48.4 Å². The van der Waals surface area contributed by atoms with Gasteiger partial charge >= 0.3 is 0 Å². The van der Waals surface area contributed by atoms with Crippen molar-refractivity contribution in [2.24, 2.45) is 0 Å². The second-order valence-electron chi connectivity index (χ2n) is 4.54. The normalized spacial score (nSPS) is 10.2. The van der Waals surface area contributed by atoms with Gasteiger partial charge < -0.3 is 10.1 Å². The van der Waals surface area contributed by atoms with Crippen LogP contribution < -0.4 is 10.1 Å². The van der Waals surface area contributed by atoms with Crippen LogP contribution in [-0.2, 0) is 11.2 Å². The fourth-order valence-corrected chi connectivity index (χ4v) is 2.41. The highest BCUT2D eigenvalue weighted by atomic mass is 79.9. The number of halogens is 1. The van der Waals surface area contributed by atoms with E-state index in [-0.39, 0.29) is 5.91 Å². The number of amides is 1. The Bertz CT molecular complexity index is 626. The molecule has 0 unspecified atom stereocenters. The Kier molecular flexibility index (Phi) is 4.79. The van der Waals surface area contributed by atoms with Gasteiger partial charge in [0.05, 0.1) is 13.5 Å². The van der Waals surface area contributed by atoms with Gasteiger partial charge in [-0.2, -0.15) is 0 Å². The molecular weight excluding hydrogens is 318 g/mol. The first-order chi connectivity index (χ1) is 9.58. The van der Waals surface area contributed by atoms with Crippen molar-refractivity contribution in [2.75, 3.05) is 12.4 Å². The molecule has 0 saturated carbocycles. The van der Waals surface area contributed by atoms with Gasteiger partial charge in [0.25, 0.3) is 0 Å². The second kappa shape index (κ2) is 6.57. The molecule has 0 radical (unpaired) electrons. The lowest BCUT2D eigenvalue weighted by Gasteiger charge is -2.09. The third-order valence-corrected chi connectivity index (χ3v) is 3.45. The summed E-state index contributed by atoms with van der Waals surface area (Å²) in [4.78, 5) is 12.1. The minimum atomic E-state index is -0.0383. The molecule has 0 bridgehead atoms. The van der Waals surface area contributed by atoms with E-state index in [2.05, 4.69) is 21.2 Å². The highest BCUT2D eigenvalue weighted by molar-refractivity contribution is 9.10. The number of aryl methyl sites for hydroxylation is 1. The predicted molar refractivity (Wildman–Crippen MR) is 84.2 cm³/mol. The predicted octanol–water partition coefficient (Wildman–Crippen LogP) is 3.95. The molecule has 0 aliphatic carbocycles. The van der Waals surface area contributed by atoms with Gasteiger partial charge in [-0.1, -0.05) is 28.1 Å². The second-order valence-corrected chi connectivity index (χ2v) is 5.45. The molecule has 0 atom stereocenters. The molecule has 1 N–H and O–H groups in total. The molecule has 3 nitrogen and oxygen atoms in total. The average molecular weight is 334 g/mol. The zero-order chi connectivity index (χ0) is 14.5. The summed E-state index contributed by atoms with van der Waals surface area (Å²) in [5.74, 6) is 0.721. The highest BCUT2D eigenvalue weighted by Gasteiger charge is 2.07. The number of hydrogen-bond donors (Lipinski definition) is 1. The lowest BCUT2D eigenvalue weighted by Crippen LogP contribution is -2.15. The van der Waals surface area contributed by atoms with E-state index in [1.54, 1.807) is 7.11 Å². The third-order valence-electron chi connectivity index (χ3n) is 2.96. The van der Waals surface area contributed by atoms with Crippen molar-refractivity contribution in [1.29, 1.82) is 0 Å². The lowest BCUT2D eigenvalue weighted by atomic mass is 10.1. The maximum atomic E-state index is 12.1. The Morgan fingerprint density at radius 1 is 1.25 bits per heavy atom. The zero-order valence-corrected chi connectivity index (χ0v) is 13.0. The quantitative estimate of drug-likeness (QED) is 0.919. The average Bonchev–Trinajstić information content (AvgIpc) is 2.42. The fraction of sp³-hybridized carbons (Fsp3) is 0.188. The Labute approximate surface area is 127 Å². The van der Waals surface area contributed by atoms with Crippen molar-refractivity contribution < 1.29 is 9.53 Å². The van der Waals surface area contributed by atoms with Gasteiger partial charge in [-0.3, -0.25) is 4.79 Å². The molecule has 4 heteroatoms. The summed E-state index contributed by atoms with van der Waals surface area (Å²) in [6.45, 7) is 1.96. The number of methoxy groups -OCH3 is 1. The number of ether oxygens (including phenoxy) is 1. The van der Waals surface area contributed by atoms with Gasteiger partial charge in [0, 0.05) is 10.2 Å². The van der Waals surface area contributed by atoms with E-state index in [0.717, 1.165) is 27.0 Å². The van der Waals surface area contributed by atoms with E-state index in [1.165, 1.54) is 0 Å². The van der Waals surface area contributed by atoms with Crippen molar-refractivity contribution in [3.63, 3.8) is 0 Å². The number of anilines is 1. The molecule has 0 aromatic heterocycles. The maximum absolute atomic E-state index is 12.1. The van der Waals surface area contributed by atoms with Gasteiger partial charge in [0.2, 0.25) is 5.91 Å². The first-order valence-corrected chi connectivity index (χ1v) is 7.06. The Hall–Kier alpha value is -1.81. The molecule has 104 valence electrons. The molecule has 0 fully saturated rings. The minimum absolute atomic E-state index is 0.0383. The van der Waals surface area contributed by atoms with Crippen molar-refractivity contribution in [3.05, 3.63) is 58.1 Å². The number of rotatable bonds is 4. The largest absolute Gasteiger partial charge is 0.497 e. The van der Waals surface area contributed by atoms with E-state index < -0.39 is 0 Å². The van der Waals surface area contributed by atoms with E-state index in [9.17, 15) is 4.79 Å². The Balaban J connectivity index is 2.05. The Morgan fingerprint density at radius 3 is 2.75 bits per heavy atom. The van der Waals surface area contributed by atoms with Crippen molar-refractivity contribution in [3.8, 4) is 5.75 Å². The van der Waals surface area contributed by atoms with Crippen LogP contribution in [0.15, 0.2) is 46.9 Å². The van der Waals surface area contributed by atoms with Crippen LogP contribution in [0.2, 0.25) is 0 Å². The summed E-state index contributed by atoms with van der Waals surface area (Å²) >= 11 is 3.41. The SMILES string of the molecule is COc1cccc(CC(=O)Nc2ccc(Br)cc2C)c1. The van der Waals surface area contributed by atoms with Gasteiger partial charge in [0.15, 0.2) is 0 Å². The summed E-state index contributed by atoms with van der Waals surface area (Å²) in [6.07, 6.45) is 0.326. The molecule has 0 saturated heterocycles. The van der Waals surface area contributed by atoms with E-state index in [1.807, 2.05) is 49.4 Å². The molecule has 0 spiro atoms. The summed E-state index contributed by atoms with van der Waals surface area (Å²) in [5.41, 5.74) is 2.79. The first-order valence-electron chi connectivity index (χ1n) is 6.27. The number of carbonyl (C=O) groups is 1. The number of carbonyl (C=O) groups excluding carboxylic acids is 1. The van der Waals surface area contributed by atoms with E-state index in [4.69, 9.17) is 4.74 Å². The van der Waals surface area contributed by atoms with Crippen molar-refractivity contribution >= 4 is 27.5 Å². The summed E-state index contributed by atoms with van der Waals surface area (Å²) < 4.78 is 6.15. The molecule has 1 amide bonds. The zero-order valence-electron chi connectivity index (χ0n) is 11.4. The van der Waals surface area contributed by atoms with Crippen LogP contribution in [-0.4, -0.2) is 13.0 Å². The van der Waals surface area contributed by atoms with Crippen LogP contribution in [0.5, 0.6) is 5.75 Å². The molecular formula is C16H16BrNO2. The maximum Gasteiger partial charge on any atom is 0.228 e. The first kappa shape index (κ1) is 14.6. The fourth-order valence-electron chi connectivity index (χ4n) is 1.93. The number of nitrogens with one attached hydrogen (secondary N) is 1. The molecule has 0 aliphatic rings. The van der Waals surface area contributed by atoms with Crippen LogP contribution in [0.3, 0.4) is 0 Å². The third kappa shape index (κ3) is 3.84. The molecule has 20 heavy (non-hydrogen) atoms. The number of hydrogen-bond acceptors (Lipinski definition) is 2. The lowest BCUT2D eigenvalue weighted by molar-refractivity contribution is -0.115. The van der Waals surface area contributed by atoms with Crippen LogP contribution in [0.4, 0.5) is 5.69 Å². The Morgan fingerprint density at radius 2 is 2.05 bits per heavy atom. The van der Waals surface area contributed by atoms with Crippen LogP contribution >= 0.6 is 15.9 Å². The summed E-state index contributed by atoms with van der Waals surface area (Å²) in [6, 6.07) is 13.3. The number of benzene rings is 2. The topological polar surface area (TPSA) is 38.3 Å². The van der Waals surface area contributed by atoms with Crippen LogP contribution in [0.25, 0.3) is 0 Å². The molecule has 2 rings (SSSR count). The highest BCUT2D eigenvalue weighted by Crippen LogP contribution is 2.20.